The number of Topliss-reactive ketones (excluding diaryl/α,β-unsaturated/α-hetero) is 1. The van der Waals surface area contributed by atoms with E-state index < -0.39 is 29.4 Å². The summed E-state index contributed by atoms with van der Waals surface area (Å²) < 4.78 is 26.5. The Labute approximate surface area is 145 Å². The monoisotopic (exact) mass is 368 g/mol. The van der Waals surface area contributed by atoms with Crippen LogP contribution < -0.4 is 5.73 Å². The zero-order valence-electron chi connectivity index (χ0n) is 13.0. The molecule has 0 bridgehead atoms. The first kappa shape index (κ1) is 17.5. The van der Waals surface area contributed by atoms with Crippen LogP contribution in [0.3, 0.4) is 0 Å². The number of amides is 2. The first-order valence-electron chi connectivity index (χ1n) is 7.51. The van der Waals surface area contributed by atoms with Crippen molar-refractivity contribution in [3.8, 4) is 0 Å². The van der Waals surface area contributed by atoms with Crippen molar-refractivity contribution in [3.05, 3.63) is 28.6 Å². The smallest absolute Gasteiger partial charge is 0.293 e. The number of carbonyl (C=O) groups is 3. The topological polar surface area (TPSA) is 106 Å². The molecule has 7 nitrogen and oxygen atoms in total. The second kappa shape index (κ2) is 6.51. The highest BCUT2D eigenvalue weighted by Crippen LogP contribution is 2.42. The fourth-order valence-electron chi connectivity index (χ4n) is 2.60. The van der Waals surface area contributed by atoms with Crippen molar-refractivity contribution in [2.75, 3.05) is 12.3 Å². The van der Waals surface area contributed by atoms with Crippen LogP contribution in [0.1, 0.15) is 36.2 Å². The molecule has 3 rings (SSSR count). The first-order chi connectivity index (χ1) is 11.8. The molecular formula is C15H14F2N4O3S. The van der Waals surface area contributed by atoms with Gasteiger partial charge in [0.25, 0.3) is 11.1 Å². The molecule has 1 saturated heterocycles. The molecule has 2 aliphatic rings. The number of alkyl halides is 2. The van der Waals surface area contributed by atoms with E-state index in [4.69, 9.17) is 5.73 Å². The number of anilines is 1. The summed E-state index contributed by atoms with van der Waals surface area (Å²) in [4.78, 5) is 45.2. The summed E-state index contributed by atoms with van der Waals surface area (Å²) in [5.41, 5.74) is 5.92. The van der Waals surface area contributed by atoms with Gasteiger partial charge in [0.1, 0.15) is 11.5 Å². The lowest BCUT2D eigenvalue weighted by atomic mass is 9.91. The molecule has 0 unspecified atom stereocenters. The second-order valence-electron chi connectivity index (χ2n) is 5.80. The van der Waals surface area contributed by atoms with Gasteiger partial charge in [-0.1, -0.05) is 5.57 Å². The van der Waals surface area contributed by atoms with Crippen LogP contribution in [-0.2, 0) is 4.79 Å². The van der Waals surface area contributed by atoms with E-state index in [0.717, 1.165) is 4.90 Å². The summed E-state index contributed by atoms with van der Waals surface area (Å²) in [5, 5.41) is -0.596. The predicted molar refractivity (Wildman–Crippen MR) is 85.9 cm³/mol. The molecule has 25 heavy (non-hydrogen) atoms. The Morgan fingerprint density at radius 1 is 1.24 bits per heavy atom. The molecule has 2 fully saturated rings. The summed E-state index contributed by atoms with van der Waals surface area (Å²) in [7, 11) is 0. The standard InChI is InChI=1S/C15H14F2N4O3S/c16-15(17)3-1-8(2-4-15)12-13(23)21(14(24)25-12)7-10(22)9-5-20-11(18)6-19-9/h5-6H,1-4,7H2,(H2,18,20). The number of hydrogen-bond donors (Lipinski definition) is 1. The van der Waals surface area contributed by atoms with Gasteiger partial charge in [-0.3, -0.25) is 19.3 Å². The number of carbonyl (C=O) groups excluding carboxylic acids is 3. The number of imide groups is 1. The Bertz CT molecular complexity index is 767. The van der Waals surface area contributed by atoms with Crippen molar-refractivity contribution in [2.45, 2.75) is 31.6 Å². The maximum atomic E-state index is 13.2. The number of halogens is 2. The number of thioether (sulfide) groups is 1. The Hall–Kier alpha value is -2.36. The van der Waals surface area contributed by atoms with E-state index in [2.05, 4.69) is 9.97 Å². The van der Waals surface area contributed by atoms with Gasteiger partial charge >= 0.3 is 0 Å². The van der Waals surface area contributed by atoms with Gasteiger partial charge in [-0.15, -0.1) is 0 Å². The Morgan fingerprint density at radius 2 is 1.92 bits per heavy atom. The van der Waals surface area contributed by atoms with Gasteiger partial charge < -0.3 is 5.73 Å². The Balaban J connectivity index is 1.73. The summed E-state index contributed by atoms with van der Waals surface area (Å²) >= 11 is 0.692. The molecular weight excluding hydrogens is 354 g/mol. The maximum absolute atomic E-state index is 13.2. The third kappa shape index (κ3) is 3.68. The minimum absolute atomic E-state index is 0.0155. The van der Waals surface area contributed by atoms with E-state index in [-0.39, 0.29) is 42.1 Å². The molecule has 10 heteroatoms. The largest absolute Gasteiger partial charge is 0.382 e. The van der Waals surface area contributed by atoms with E-state index in [1.54, 1.807) is 0 Å². The van der Waals surface area contributed by atoms with Gasteiger partial charge in [0.15, 0.2) is 0 Å². The van der Waals surface area contributed by atoms with Gasteiger partial charge in [0, 0.05) is 12.8 Å². The second-order valence-corrected chi connectivity index (χ2v) is 6.76. The van der Waals surface area contributed by atoms with E-state index in [0.29, 0.717) is 17.3 Å². The van der Waals surface area contributed by atoms with Crippen LogP contribution in [0.2, 0.25) is 0 Å². The number of aromatic nitrogens is 2. The van der Waals surface area contributed by atoms with Crippen LogP contribution in [0.25, 0.3) is 0 Å². The highest BCUT2D eigenvalue weighted by molar-refractivity contribution is 8.18. The van der Waals surface area contributed by atoms with E-state index >= 15 is 0 Å². The van der Waals surface area contributed by atoms with Crippen molar-refractivity contribution < 1.29 is 23.2 Å². The average Bonchev–Trinajstić information content (AvgIpc) is 2.83. The van der Waals surface area contributed by atoms with Crippen LogP contribution in [0.4, 0.5) is 19.4 Å². The molecule has 0 radical (unpaired) electrons. The third-order valence-electron chi connectivity index (χ3n) is 4.01. The lowest BCUT2D eigenvalue weighted by Crippen LogP contribution is -2.34. The minimum atomic E-state index is -2.73. The highest BCUT2D eigenvalue weighted by Gasteiger charge is 2.41. The fourth-order valence-corrected chi connectivity index (χ4v) is 3.58. The van der Waals surface area contributed by atoms with Crippen LogP contribution in [-0.4, -0.2) is 44.3 Å². The zero-order valence-corrected chi connectivity index (χ0v) is 13.8. The Kier molecular flexibility index (Phi) is 4.55. The SMILES string of the molecule is Nc1cnc(C(=O)CN2C(=O)SC(=C3CCC(F)(F)CC3)C2=O)cn1. The lowest BCUT2D eigenvalue weighted by molar-refractivity contribution is -0.122. The maximum Gasteiger partial charge on any atom is 0.293 e. The molecule has 1 aromatic rings. The number of nitrogen functional groups attached to an aromatic ring is 1. The number of nitrogens with zero attached hydrogens (tertiary/aromatic N) is 3. The number of rotatable bonds is 3. The molecule has 1 aliphatic carbocycles. The molecule has 1 aromatic heterocycles. The first-order valence-corrected chi connectivity index (χ1v) is 8.33. The van der Waals surface area contributed by atoms with Crippen molar-refractivity contribution in [1.29, 1.82) is 0 Å². The summed E-state index contributed by atoms with van der Waals surface area (Å²) in [5.74, 6) is -3.77. The molecule has 0 spiro atoms. The van der Waals surface area contributed by atoms with Gasteiger partial charge in [-0.25, -0.2) is 18.7 Å². The highest BCUT2D eigenvalue weighted by atomic mass is 32.2. The van der Waals surface area contributed by atoms with Crippen molar-refractivity contribution in [1.82, 2.24) is 14.9 Å². The number of hydrogen-bond acceptors (Lipinski definition) is 7. The van der Waals surface area contributed by atoms with Crippen molar-refractivity contribution in [2.24, 2.45) is 0 Å². The van der Waals surface area contributed by atoms with Gasteiger partial charge in [-0.05, 0) is 24.6 Å². The fraction of sp³-hybridized carbons (Fsp3) is 0.400. The summed E-state index contributed by atoms with van der Waals surface area (Å²) in [6, 6.07) is 0. The quantitative estimate of drug-likeness (QED) is 0.645. The zero-order chi connectivity index (χ0) is 18.2. The predicted octanol–water partition coefficient (Wildman–Crippen LogP) is 2.40. The molecule has 1 aliphatic heterocycles. The number of allylic oxidation sites excluding steroid dienone is 1. The van der Waals surface area contributed by atoms with Crippen LogP contribution in [0.15, 0.2) is 22.9 Å². The molecule has 0 atom stereocenters. The van der Waals surface area contributed by atoms with Gasteiger partial charge in [0.2, 0.25) is 11.7 Å². The third-order valence-corrected chi connectivity index (χ3v) is 5.08. The van der Waals surface area contributed by atoms with Crippen LogP contribution >= 0.6 is 11.8 Å². The van der Waals surface area contributed by atoms with E-state index in [1.807, 2.05) is 0 Å². The van der Waals surface area contributed by atoms with Crippen molar-refractivity contribution >= 4 is 34.5 Å². The summed E-state index contributed by atoms with van der Waals surface area (Å²) in [6.45, 7) is -0.476. The molecule has 2 heterocycles. The van der Waals surface area contributed by atoms with Gasteiger partial charge in [-0.2, -0.15) is 0 Å². The normalized spacial score (nSPS) is 20.3. The average molecular weight is 368 g/mol. The number of ketones is 1. The molecule has 0 aromatic carbocycles. The van der Waals surface area contributed by atoms with Crippen LogP contribution in [0.5, 0.6) is 0 Å². The van der Waals surface area contributed by atoms with E-state index in [1.165, 1.54) is 12.4 Å². The minimum Gasteiger partial charge on any atom is -0.382 e. The van der Waals surface area contributed by atoms with E-state index in [9.17, 15) is 23.2 Å². The molecule has 1 saturated carbocycles. The summed E-state index contributed by atoms with van der Waals surface area (Å²) in [6.07, 6.45) is 1.82. The molecule has 132 valence electrons. The lowest BCUT2D eigenvalue weighted by Gasteiger charge is -2.24. The van der Waals surface area contributed by atoms with Gasteiger partial charge in [0.05, 0.1) is 23.8 Å². The van der Waals surface area contributed by atoms with Crippen LogP contribution in [0, 0.1) is 0 Å². The molecule has 2 amide bonds. The molecule has 2 N–H and O–H groups in total. The number of nitrogens with two attached hydrogens (primary N) is 1. The van der Waals surface area contributed by atoms with Crippen molar-refractivity contribution in [3.63, 3.8) is 0 Å². The Morgan fingerprint density at radius 3 is 2.52 bits per heavy atom.